The molecule has 0 fully saturated rings. The number of ether oxygens (including phenoxy) is 1. The lowest BCUT2D eigenvalue weighted by Gasteiger charge is -2.04. The Morgan fingerprint density at radius 1 is 1.55 bits per heavy atom. The SMILES string of the molecule is C[C@H](O)c1cc([N+](=O)[O-])c(Oc2cccc(Cl)c2F)s1. The molecule has 1 heterocycles. The molecule has 0 saturated heterocycles. The molecule has 0 aliphatic rings. The first-order valence-electron chi connectivity index (χ1n) is 5.48. The van der Waals surface area contributed by atoms with Crippen LogP contribution in [0, 0.1) is 15.9 Å². The summed E-state index contributed by atoms with van der Waals surface area (Å²) in [5.74, 6) is -1.00. The van der Waals surface area contributed by atoms with Gasteiger partial charge in [0.15, 0.2) is 11.6 Å². The maximum Gasteiger partial charge on any atom is 0.323 e. The van der Waals surface area contributed by atoms with Crippen LogP contribution in [0.2, 0.25) is 5.02 Å². The molecule has 2 rings (SSSR count). The van der Waals surface area contributed by atoms with Gasteiger partial charge >= 0.3 is 5.69 Å². The van der Waals surface area contributed by atoms with Crippen molar-refractivity contribution in [3.63, 3.8) is 0 Å². The molecule has 2 aromatic rings. The Balaban J connectivity index is 2.42. The summed E-state index contributed by atoms with van der Waals surface area (Å²) < 4.78 is 18.9. The van der Waals surface area contributed by atoms with Gasteiger partial charge in [0.2, 0.25) is 0 Å². The molecule has 20 heavy (non-hydrogen) atoms. The van der Waals surface area contributed by atoms with E-state index in [1.807, 2.05) is 0 Å². The van der Waals surface area contributed by atoms with E-state index in [-0.39, 0.29) is 21.5 Å². The van der Waals surface area contributed by atoms with Gasteiger partial charge in [0.05, 0.1) is 16.0 Å². The van der Waals surface area contributed by atoms with Crippen LogP contribution in [0.5, 0.6) is 10.8 Å². The summed E-state index contributed by atoms with van der Waals surface area (Å²) in [6, 6.07) is 5.32. The Kier molecular flexibility index (Phi) is 4.22. The summed E-state index contributed by atoms with van der Waals surface area (Å²) in [6.45, 7) is 1.47. The van der Waals surface area contributed by atoms with E-state index in [2.05, 4.69) is 0 Å². The zero-order valence-electron chi connectivity index (χ0n) is 10.2. The first kappa shape index (κ1) is 14.7. The van der Waals surface area contributed by atoms with Crippen molar-refractivity contribution in [1.29, 1.82) is 0 Å². The zero-order valence-corrected chi connectivity index (χ0v) is 11.7. The normalized spacial score (nSPS) is 12.2. The maximum atomic E-state index is 13.7. The van der Waals surface area contributed by atoms with Crippen LogP contribution in [-0.4, -0.2) is 10.0 Å². The van der Waals surface area contributed by atoms with Crippen LogP contribution in [0.3, 0.4) is 0 Å². The third-order valence-electron chi connectivity index (χ3n) is 2.43. The summed E-state index contributed by atoms with van der Waals surface area (Å²) in [4.78, 5) is 10.6. The minimum atomic E-state index is -0.875. The number of halogens is 2. The van der Waals surface area contributed by atoms with Gasteiger partial charge in [-0.05, 0) is 19.1 Å². The average Bonchev–Trinajstić information content (AvgIpc) is 2.79. The molecular weight excluding hydrogens is 309 g/mol. The van der Waals surface area contributed by atoms with E-state index >= 15 is 0 Å². The quantitative estimate of drug-likeness (QED) is 0.674. The summed E-state index contributed by atoms with van der Waals surface area (Å²) in [7, 11) is 0. The molecule has 5 nitrogen and oxygen atoms in total. The van der Waals surface area contributed by atoms with Gasteiger partial charge in [-0.1, -0.05) is 29.0 Å². The van der Waals surface area contributed by atoms with Gasteiger partial charge in [0.25, 0.3) is 5.06 Å². The predicted octanol–water partition coefficient (Wildman–Crippen LogP) is 4.29. The number of hydrogen-bond donors (Lipinski definition) is 1. The highest BCUT2D eigenvalue weighted by Gasteiger charge is 2.24. The van der Waals surface area contributed by atoms with Crippen molar-refractivity contribution >= 4 is 28.6 Å². The molecule has 106 valence electrons. The van der Waals surface area contributed by atoms with Crippen molar-refractivity contribution in [3.05, 3.63) is 50.1 Å². The maximum absolute atomic E-state index is 13.7. The summed E-state index contributed by atoms with van der Waals surface area (Å²) >= 11 is 6.49. The smallest absolute Gasteiger partial charge is 0.323 e. The standard InChI is InChI=1S/C12H9ClFNO4S/c1-6(16)10-5-8(15(17)18)12(20-10)19-9-4-2-3-7(13)11(9)14/h2-6,16H,1H3/t6-/m0/s1. The molecule has 1 atom stereocenters. The van der Waals surface area contributed by atoms with Crippen molar-refractivity contribution in [2.45, 2.75) is 13.0 Å². The van der Waals surface area contributed by atoms with E-state index in [0.717, 1.165) is 11.3 Å². The lowest BCUT2D eigenvalue weighted by atomic mass is 10.3. The fourth-order valence-electron chi connectivity index (χ4n) is 1.45. The Morgan fingerprint density at radius 3 is 2.85 bits per heavy atom. The molecule has 1 aromatic carbocycles. The van der Waals surface area contributed by atoms with Crippen molar-refractivity contribution in [1.82, 2.24) is 0 Å². The van der Waals surface area contributed by atoms with Crippen LogP contribution in [-0.2, 0) is 0 Å². The van der Waals surface area contributed by atoms with Gasteiger partial charge in [-0.25, -0.2) is 4.39 Å². The van der Waals surface area contributed by atoms with Crippen LogP contribution in [0.25, 0.3) is 0 Å². The molecule has 0 unspecified atom stereocenters. The van der Waals surface area contributed by atoms with Gasteiger partial charge in [-0.3, -0.25) is 10.1 Å². The number of aliphatic hydroxyl groups is 1. The molecule has 0 aliphatic carbocycles. The fourth-order valence-corrected chi connectivity index (χ4v) is 2.54. The van der Waals surface area contributed by atoms with Crippen LogP contribution in [0.4, 0.5) is 10.1 Å². The van der Waals surface area contributed by atoms with E-state index in [1.165, 1.54) is 31.2 Å². The largest absolute Gasteiger partial charge is 0.437 e. The van der Waals surface area contributed by atoms with Crippen molar-refractivity contribution < 1.29 is 19.2 Å². The highest BCUT2D eigenvalue weighted by molar-refractivity contribution is 7.14. The van der Waals surface area contributed by atoms with E-state index < -0.39 is 16.8 Å². The molecule has 1 aromatic heterocycles. The van der Waals surface area contributed by atoms with E-state index in [4.69, 9.17) is 16.3 Å². The molecule has 0 aliphatic heterocycles. The van der Waals surface area contributed by atoms with Crippen molar-refractivity contribution in [2.24, 2.45) is 0 Å². The number of hydrogen-bond acceptors (Lipinski definition) is 5. The van der Waals surface area contributed by atoms with Gasteiger partial charge in [0, 0.05) is 10.9 Å². The van der Waals surface area contributed by atoms with Crippen LogP contribution in [0.15, 0.2) is 24.3 Å². The fraction of sp³-hybridized carbons (Fsp3) is 0.167. The lowest BCUT2D eigenvalue weighted by Crippen LogP contribution is -1.91. The Labute approximate surface area is 122 Å². The Hall–Kier alpha value is -1.70. The second kappa shape index (κ2) is 5.74. The molecule has 0 radical (unpaired) electrons. The Bertz CT molecular complexity index is 659. The number of aliphatic hydroxyl groups excluding tert-OH is 1. The first-order chi connectivity index (χ1) is 9.40. The van der Waals surface area contributed by atoms with Crippen LogP contribution in [0.1, 0.15) is 17.9 Å². The minimum Gasteiger partial charge on any atom is -0.437 e. The summed E-state index contributed by atoms with van der Waals surface area (Å²) in [5, 5.41) is 20.1. The van der Waals surface area contributed by atoms with Crippen LogP contribution >= 0.6 is 22.9 Å². The molecule has 8 heteroatoms. The highest BCUT2D eigenvalue weighted by atomic mass is 35.5. The third kappa shape index (κ3) is 2.90. The molecule has 0 saturated carbocycles. The van der Waals surface area contributed by atoms with Crippen LogP contribution < -0.4 is 4.74 Å². The number of nitrogens with zero attached hydrogens (tertiary/aromatic N) is 1. The van der Waals surface area contributed by atoms with E-state index in [1.54, 1.807) is 0 Å². The first-order valence-corrected chi connectivity index (χ1v) is 6.67. The lowest BCUT2D eigenvalue weighted by molar-refractivity contribution is -0.385. The predicted molar refractivity (Wildman–Crippen MR) is 73.1 cm³/mol. The van der Waals surface area contributed by atoms with E-state index in [0.29, 0.717) is 4.88 Å². The average molecular weight is 318 g/mol. The number of nitro groups is 1. The zero-order chi connectivity index (χ0) is 14.9. The third-order valence-corrected chi connectivity index (χ3v) is 3.89. The number of thiophene rings is 1. The summed E-state index contributed by atoms with van der Waals surface area (Å²) in [5.41, 5.74) is -0.328. The van der Waals surface area contributed by atoms with E-state index in [9.17, 15) is 19.6 Å². The molecule has 0 spiro atoms. The molecule has 0 amide bonds. The second-order valence-corrected chi connectivity index (χ2v) is 5.36. The minimum absolute atomic E-state index is 0.105. The van der Waals surface area contributed by atoms with Gasteiger partial charge < -0.3 is 9.84 Å². The highest BCUT2D eigenvalue weighted by Crippen LogP contribution is 2.42. The number of rotatable bonds is 4. The van der Waals surface area contributed by atoms with Crippen molar-refractivity contribution in [2.75, 3.05) is 0 Å². The number of benzene rings is 1. The van der Waals surface area contributed by atoms with Gasteiger partial charge in [-0.2, -0.15) is 0 Å². The molecular formula is C12H9ClFNO4S. The molecule has 0 bridgehead atoms. The molecule has 1 N–H and O–H groups in total. The van der Waals surface area contributed by atoms with Gasteiger partial charge in [-0.15, -0.1) is 0 Å². The monoisotopic (exact) mass is 317 g/mol. The van der Waals surface area contributed by atoms with Gasteiger partial charge in [0.1, 0.15) is 0 Å². The Morgan fingerprint density at radius 2 is 2.25 bits per heavy atom. The van der Waals surface area contributed by atoms with Crippen molar-refractivity contribution in [3.8, 4) is 10.8 Å². The second-order valence-electron chi connectivity index (χ2n) is 3.91. The topological polar surface area (TPSA) is 72.6 Å². The summed E-state index contributed by atoms with van der Waals surface area (Å²) in [6.07, 6.45) is -0.875.